The van der Waals surface area contributed by atoms with E-state index in [1.54, 1.807) is 15.8 Å². The normalized spacial score (nSPS) is 15.9. The average molecular weight is 533 g/mol. The van der Waals surface area contributed by atoms with Crippen molar-refractivity contribution in [3.05, 3.63) is 47.9 Å². The highest BCUT2D eigenvalue weighted by Crippen LogP contribution is 2.32. The number of hydrogen-bond acceptors (Lipinski definition) is 9. The molecule has 1 aliphatic rings. The molecular weight excluding hydrogens is 500 g/mol. The Labute approximate surface area is 226 Å². The van der Waals surface area contributed by atoms with Crippen molar-refractivity contribution in [2.75, 3.05) is 18.4 Å². The molecule has 11 heteroatoms. The van der Waals surface area contributed by atoms with Crippen molar-refractivity contribution in [2.24, 2.45) is 7.05 Å². The van der Waals surface area contributed by atoms with E-state index >= 15 is 0 Å². The molecule has 1 saturated heterocycles. The van der Waals surface area contributed by atoms with Gasteiger partial charge in [-0.25, -0.2) is 14.8 Å². The van der Waals surface area contributed by atoms with Gasteiger partial charge in [0.2, 0.25) is 0 Å². The van der Waals surface area contributed by atoms with Crippen molar-refractivity contribution >= 4 is 23.2 Å². The fourth-order valence-electron chi connectivity index (χ4n) is 4.38. The summed E-state index contributed by atoms with van der Waals surface area (Å²) < 4.78 is 7.39. The maximum absolute atomic E-state index is 12.7. The van der Waals surface area contributed by atoms with Crippen molar-refractivity contribution < 1.29 is 9.53 Å². The van der Waals surface area contributed by atoms with E-state index in [0.29, 0.717) is 24.7 Å². The summed E-state index contributed by atoms with van der Waals surface area (Å²) in [6, 6.07) is 8.11. The number of benzene rings is 1. The fourth-order valence-corrected chi connectivity index (χ4v) is 5.08. The number of hydrogen-bond donors (Lipinski definition) is 1. The topological polar surface area (TPSA) is 111 Å². The van der Waals surface area contributed by atoms with Gasteiger partial charge in [0.05, 0.1) is 11.8 Å². The second-order valence-corrected chi connectivity index (χ2v) is 11.7. The van der Waals surface area contributed by atoms with Crippen LogP contribution in [0, 0.1) is 6.92 Å². The highest BCUT2D eigenvalue weighted by molar-refractivity contribution is 7.14. The molecule has 198 valence electrons. The number of aryl methyl sites for hydroxylation is 2. The molecule has 1 atom stereocenters. The Kier molecular flexibility index (Phi) is 7.11. The molecule has 10 nitrogen and oxygen atoms in total. The standard InChI is InChI=1S/C27H32N8O2S/c1-17-32-33-25(38-17)22-14-28-23(19-9-6-8-18(12-19)20-13-29-34(5)15-20)31-24(22)30-21-10-7-11-35(16-21)26(36)37-27(2,3)4/h6,8-9,12-15,21H,7,10-11,16H2,1-5H3,(H,28,30,31). The van der Waals surface area contributed by atoms with Crippen LogP contribution in [0.5, 0.6) is 0 Å². The molecule has 0 radical (unpaired) electrons. The van der Waals surface area contributed by atoms with Crippen LogP contribution >= 0.6 is 11.3 Å². The lowest BCUT2D eigenvalue weighted by molar-refractivity contribution is 0.0206. The Bertz CT molecular complexity index is 1440. The molecule has 5 rings (SSSR count). The summed E-state index contributed by atoms with van der Waals surface area (Å²) in [7, 11) is 1.90. The minimum Gasteiger partial charge on any atom is -0.444 e. The van der Waals surface area contributed by atoms with Crippen LogP contribution in [0.4, 0.5) is 10.6 Å². The number of carbonyl (C=O) groups is 1. The van der Waals surface area contributed by atoms with Crippen LogP contribution in [0.15, 0.2) is 42.9 Å². The minimum atomic E-state index is -0.535. The van der Waals surface area contributed by atoms with E-state index in [0.717, 1.165) is 45.1 Å². The fraction of sp³-hybridized carbons (Fsp3) is 0.407. The number of ether oxygens (including phenoxy) is 1. The molecule has 4 heterocycles. The number of rotatable bonds is 5. The molecule has 1 unspecified atom stereocenters. The van der Waals surface area contributed by atoms with Crippen molar-refractivity contribution in [3.8, 4) is 33.1 Å². The molecule has 1 aromatic carbocycles. The molecule has 1 amide bonds. The summed E-state index contributed by atoms with van der Waals surface area (Å²) >= 11 is 1.50. The average Bonchev–Trinajstić information content (AvgIpc) is 3.51. The third-order valence-electron chi connectivity index (χ3n) is 6.12. The zero-order valence-corrected chi connectivity index (χ0v) is 23.1. The highest BCUT2D eigenvalue weighted by Gasteiger charge is 2.28. The summed E-state index contributed by atoms with van der Waals surface area (Å²) in [5.41, 5.74) is 3.22. The number of nitrogens with zero attached hydrogens (tertiary/aromatic N) is 7. The van der Waals surface area contributed by atoms with Crippen molar-refractivity contribution in [3.63, 3.8) is 0 Å². The van der Waals surface area contributed by atoms with E-state index in [2.05, 4.69) is 26.7 Å². The molecule has 3 aromatic heterocycles. The maximum atomic E-state index is 12.7. The predicted molar refractivity (Wildman–Crippen MR) is 148 cm³/mol. The molecule has 1 aliphatic heterocycles. The van der Waals surface area contributed by atoms with Crippen LogP contribution in [-0.4, -0.2) is 65.7 Å². The number of likely N-dealkylation sites (tertiary alicyclic amines) is 1. The number of nitrogens with one attached hydrogen (secondary N) is 1. The van der Waals surface area contributed by atoms with E-state index in [1.165, 1.54) is 11.3 Å². The zero-order chi connectivity index (χ0) is 26.9. The van der Waals surface area contributed by atoms with Crippen molar-refractivity contribution in [1.82, 2.24) is 34.8 Å². The predicted octanol–water partition coefficient (Wildman–Crippen LogP) is 5.18. The molecule has 0 aliphatic carbocycles. The number of amides is 1. The van der Waals surface area contributed by atoms with E-state index < -0.39 is 5.60 Å². The van der Waals surface area contributed by atoms with E-state index in [4.69, 9.17) is 14.7 Å². The largest absolute Gasteiger partial charge is 0.444 e. The number of aromatic nitrogens is 6. The van der Waals surface area contributed by atoms with Gasteiger partial charge in [-0.3, -0.25) is 4.68 Å². The lowest BCUT2D eigenvalue weighted by Gasteiger charge is -2.34. The second-order valence-electron chi connectivity index (χ2n) is 10.5. The Hall–Kier alpha value is -3.86. The van der Waals surface area contributed by atoms with Gasteiger partial charge in [0.1, 0.15) is 16.4 Å². The van der Waals surface area contributed by atoms with Crippen LogP contribution in [0.2, 0.25) is 0 Å². The Morgan fingerprint density at radius 3 is 2.68 bits per heavy atom. The Balaban J connectivity index is 1.45. The van der Waals surface area contributed by atoms with Gasteiger partial charge in [-0.1, -0.05) is 29.5 Å². The number of piperidine rings is 1. The van der Waals surface area contributed by atoms with Crippen LogP contribution < -0.4 is 5.32 Å². The third kappa shape index (κ3) is 5.99. The first-order chi connectivity index (χ1) is 18.1. The van der Waals surface area contributed by atoms with Crippen LogP contribution in [-0.2, 0) is 11.8 Å². The molecule has 0 bridgehead atoms. The van der Waals surface area contributed by atoms with Crippen molar-refractivity contribution in [2.45, 2.75) is 52.2 Å². The molecule has 1 fully saturated rings. The van der Waals surface area contributed by atoms with E-state index in [-0.39, 0.29) is 12.1 Å². The quantitative estimate of drug-likeness (QED) is 0.374. The maximum Gasteiger partial charge on any atom is 0.410 e. The molecular formula is C27H32N8O2S. The van der Waals surface area contributed by atoms with Crippen LogP contribution in [0.25, 0.3) is 33.1 Å². The van der Waals surface area contributed by atoms with Crippen LogP contribution in [0.3, 0.4) is 0 Å². The first-order valence-electron chi connectivity index (χ1n) is 12.7. The van der Waals surface area contributed by atoms with Gasteiger partial charge in [0.15, 0.2) is 10.8 Å². The molecule has 0 saturated carbocycles. The summed E-state index contributed by atoms with van der Waals surface area (Å²) in [6.45, 7) is 8.77. The summed E-state index contributed by atoms with van der Waals surface area (Å²) in [6.07, 6.45) is 7.11. The second kappa shape index (κ2) is 10.5. The van der Waals surface area contributed by atoms with E-state index in [1.807, 2.05) is 65.3 Å². The van der Waals surface area contributed by atoms with Gasteiger partial charge in [-0.05, 0) is 52.2 Å². The molecule has 1 N–H and O–H groups in total. The molecule has 4 aromatic rings. The summed E-state index contributed by atoms with van der Waals surface area (Å²) in [5.74, 6) is 1.28. The SMILES string of the molecule is Cc1nnc(-c2cnc(-c3cccc(-c4cnn(C)c4)c3)nc2NC2CCCN(C(=O)OC(C)(C)C)C2)s1. The summed E-state index contributed by atoms with van der Waals surface area (Å²) in [4.78, 5) is 24.1. The smallest absolute Gasteiger partial charge is 0.410 e. The molecule has 0 spiro atoms. The van der Waals surface area contributed by atoms with Crippen molar-refractivity contribution in [1.29, 1.82) is 0 Å². The van der Waals surface area contributed by atoms with Gasteiger partial charge >= 0.3 is 6.09 Å². The van der Waals surface area contributed by atoms with Gasteiger partial charge in [0.25, 0.3) is 0 Å². The van der Waals surface area contributed by atoms with Gasteiger partial charge in [-0.2, -0.15) is 5.10 Å². The van der Waals surface area contributed by atoms with E-state index in [9.17, 15) is 4.79 Å². The first kappa shape index (κ1) is 25.8. The minimum absolute atomic E-state index is 0.00788. The van der Waals surface area contributed by atoms with Gasteiger partial charge in [-0.15, -0.1) is 10.2 Å². The Morgan fingerprint density at radius 1 is 1.16 bits per heavy atom. The summed E-state index contributed by atoms with van der Waals surface area (Å²) in [5, 5.41) is 18.0. The first-order valence-corrected chi connectivity index (χ1v) is 13.5. The lowest BCUT2D eigenvalue weighted by atomic mass is 10.1. The Morgan fingerprint density at radius 2 is 1.97 bits per heavy atom. The molecule has 38 heavy (non-hydrogen) atoms. The van der Waals surface area contributed by atoms with Gasteiger partial charge < -0.3 is 15.0 Å². The number of anilines is 1. The van der Waals surface area contributed by atoms with Gasteiger partial charge in [0, 0.05) is 49.7 Å². The monoisotopic (exact) mass is 532 g/mol. The zero-order valence-electron chi connectivity index (χ0n) is 22.3. The lowest BCUT2D eigenvalue weighted by Crippen LogP contribution is -2.47. The number of carbonyl (C=O) groups excluding carboxylic acids is 1. The highest BCUT2D eigenvalue weighted by atomic mass is 32.1. The third-order valence-corrected chi connectivity index (χ3v) is 6.99. The van der Waals surface area contributed by atoms with Crippen LogP contribution in [0.1, 0.15) is 38.6 Å².